The van der Waals surface area contributed by atoms with E-state index >= 15 is 0 Å². The molecule has 0 aliphatic rings. The van der Waals surface area contributed by atoms with Crippen LogP contribution in [0.15, 0.2) is 35.7 Å². The Hall–Kier alpha value is -1.03. The molecule has 2 nitrogen and oxygen atoms in total. The zero-order valence-electron chi connectivity index (χ0n) is 10.8. The van der Waals surface area contributed by atoms with Crippen molar-refractivity contribution in [1.82, 2.24) is 5.32 Å². The van der Waals surface area contributed by atoms with Crippen molar-refractivity contribution in [3.8, 4) is 0 Å². The van der Waals surface area contributed by atoms with Gasteiger partial charge in [0.2, 0.25) is 0 Å². The van der Waals surface area contributed by atoms with Crippen molar-refractivity contribution in [2.24, 2.45) is 0 Å². The highest BCUT2D eigenvalue weighted by atomic mass is 35.5. The van der Waals surface area contributed by atoms with Crippen LogP contribution in [0.1, 0.15) is 16.5 Å². The molecule has 1 N–H and O–H groups in total. The molecule has 1 atom stereocenters. The van der Waals surface area contributed by atoms with Gasteiger partial charge < -0.3 is 10.2 Å². The van der Waals surface area contributed by atoms with E-state index in [9.17, 15) is 0 Å². The van der Waals surface area contributed by atoms with Gasteiger partial charge in [-0.25, -0.2) is 0 Å². The fraction of sp³-hybridized carbons (Fsp3) is 0.286. The topological polar surface area (TPSA) is 15.3 Å². The Morgan fingerprint density at radius 3 is 2.61 bits per heavy atom. The van der Waals surface area contributed by atoms with Gasteiger partial charge in [0, 0.05) is 24.7 Å². The molecule has 18 heavy (non-hydrogen) atoms. The van der Waals surface area contributed by atoms with Crippen LogP contribution in [0.25, 0.3) is 0 Å². The molecular weight excluding hydrogens is 264 g/mol. The maximum Gasteiger partial charge on any atom is 0.0684 e. The summed E-state index contributed by atoms with van der Waals surface area (Å²) in [5.41, 5.74) is 2.42. The van der Waals surface area contributed by atoms with E-state index in [0.29, 0.717) is 0 Å². The number of hydrogen-bond donors (Lipinski definition) is 1. The lowest BCUT2D eigenvalue weighted by molar-refractivity contribution is 0.704. The number of halogens is 1. The second-order valence-corrected chi connectivity index (χ2v) is 5.70. The summed E-state index contributed by atoms with van der Waals surface area (Å²) < 4.78 is 0. The van der Waals surface area contributed by atoms with Gasteiger partial charge in [-0.1, -0.05) is 23.7 Å². The Morgan fingerprint density at radius 1 is 1.28 bits per heavy atom. The van der Waals surface area contributed by atoms with Gasteiger partial charge in [-0.3, -0.25) is 0 Å². The average molecular weight is 281 g/mol. The van der Waals surface area contributed by atoms with Crippen molar-refractivity contribution in [2.45, 2.75) is 6.04 Å². The van der Waals surface area contributed by atoms with Crippen molar-refractivity contribution in [3.05, 3.63) is 51.2 Å². The zero-order valence-corrected chi connectivity index (χ0v) is 12.3. The normalized spacial score (nSPS) is 12.4. The molecule has 1 unspecified atom stereocenters. The van der Waals surface area contributed by atoms with Crippen LogP contribution in [-0.4, -0.2) is 21.1 Å². The summed E-state index contributed by atoms with van der Waals surface area (Å²) in [7, 11) is 6.06. The average Bonchev–Trinajstić information content (AvgIpc) is 2.77. The van der Waals surface area contributed by atoms with Gasteiger partial charge in [-0.05, 0) is 36.2 Å². The van der Waals surface area contributed by atoms with E-state index in [4.69, 9.17) is 11.6 Å². The predicted octanol–water partition coefficient (Wildman–Crippen LogP) is 3.78. The van der Waals surface area contributed by atoms with Gasteiger partial charge in [-0.2, -0.15) is 0 Å². The first-order valence-corrected chi connectivity index (χ1v) is 7.06. The first-order valence-electron chi connectivity index (χ1n) is 5.81. The van der Waals surface area contributed by atoms with Gasteiger partial charge >= 0.3 is 0 Å². The van der Waals surface area contributed by atoms with Crippen LogP contribution >= 0.6 is 22.9 Å². The fourth-order valence-corrected chi connectivity index (χ4v) is 3.24. The summed E-state index contributed by atoms with van der Waals surface area (Å²) in [4.78, 5) is 3.27. The molecule has 0 saturated carbocycles. The van der Waals surface area contributed by atoms with Gasteiger partial charge in [0.15, 0.2) is 0 Å². The molecule has 0 bridgehead atoms. The SMILES string of the molecule is CNC(c1cccc(N(C)C)c1)c1sccc1Cl. The monoisotopic (exact) mass is 280 g/mol. The minimum absolute atomic E-state index is 0.150. The maximum absolute atomic E-state index is 6.23. The first-order chi connectivity index (χ1) is 8.63. The third-order valence-corrected chi connectivity index (χ3v) is 4.34. The first kappa shape index (κ1) is 13.4. The molecule has 0 aliphatic heterocycles. The van der Waals surface area contributed by atoms with Gasteiger partial charge in [-0.15, -0.1) is 11.3 Å². The summed E-state index contributed by atoms with van der Waals surface area (Å²) >= 11 is 7.91. The summed E-state index contributed by atoms with van der Waals surface area (Å²) in [6.07, 6.45) is 0. The van der Waals surface area contributed by atoms with E-state index in [1.807, 2.05) is 32.6 Å². The lowest BCUT2D eigenvalue weighted by Crippen LogP contribution is -2.17. The standard InChI is InChI=1S/C14H17ClN2S/c1-16-13(14-12(15)7-8-18-14)10-5-4-6-11(9-10)17(2)3/h4-9,13,16H,1-3H3. The number of hydrogen-bond acceptors (Lipinski definition) is 3. The molecule has 1 heterocycles. The van der Waals surface area contributed by atoms with Gasteiger partial charge in [0.1, 0.15) is 0 Å². The molecular formula is C14H17ClN2S. The molecule has 0 saturated heterocycles. The number of nitrogens with one attached hydrogen (secondary N) is 1. The maximum atomic E-state index is 6.23. The fourth-order valence-electron chi connectivity index (χ4n) is 1.94. The van der Waals surface area contributed by atoms with Crippen LogP contribution in [0, 0.1) is 0 Å². The van der Waals surface area contributed by atoms with Gasteiger partial charge in [0.05, 0.1) is 11.1 Å². The highest BCUT2D eigenvalue weighted by Gasteiger charge is 2.16. The van der Waals surface area contributed by atoms with Crippen LogP contribution < -0.4 is 10.2 Å². The Balaban J connectivity index is 2.39. The molecule has 2 rings (SSSR count). The molecule has 0 spiro atoms. The molecule has 4 heteroatoms. The second kappa shape index (κ2) is 5.74. The predicted molar refractivity (Wildman–Crippen MR) is 81.0 cm³/mol. The lowest BCUT2D eigenvalue weighted by Gasteiger charge is -2.19. The minimum atomic E-state index is 0.150. The largest absolute Gasteiger partial charge is 0.378 e. The number of rotatable bonds is 4. The Bertz CT molecular complexity index is 522. The van der Waals surface area contributed by atoms with Crippen LogP contribution in [0.2, 0.25) is 5.02 Å². The number of anilines is 1. The van der Waals surface area contributed by atoms with E-state index in [0.717, 1.165) is 9.90 Å². The Morgan fingerprint density at radius 2 is 2.06 bits per heavy atom. The number of nitrogens with zero attached hydrogens (tertiary/aromatic N) is 1. The number of benzene rings is 1. The van der Waals surface area contributed by atoms with Crippen molar-refractivity contribution in [3.63, 3.8) is 0 Å². The van der Waals surface area contributed by atoms with Crippen molar-refractivity contribution < 1.29 is 0 Å². The summed E-state index contributed by atoms with van der Waals surface area (Å²) in [5.74, 6) is 0. The molecule has 0 radical (unpaired) electrons. The molecule has 0 amide bonds. The van der Waals surface area contributed by atoms with E-state index in [2.05, 4.69) is 34.5 Å². The zero-order chi connectivity index (χ0) is 13.1. The highest BCUT2D eigenvalue weighted by molar-refractivity contribution is 7.10. The van der Waals surface area contributed by atoms with Crippen LogP contribution in [0.4, 0.5) is 5.69 Å². The molecule has 0 fully saturated rings. The van der Waals surface area contributed by atoms with Gasteiger partial charge in [0.25, 0.3) is 0 Å². The highest BCUT2D eigenvalue weighted by Crippen LogP contribution is 2.33. The summed E-state index contributed by atoms with van der Waals surface area (Å²) in [5, 5.41) is 6.19. The Kier molecular flexibility index (Phi) is 4.27. The Labute approximate surface area is 117 Å². The van der Waals surface area contributed by atoms with Crippen LogP contribution in [0.3, 0.4) is 0 Å². The van der Waals surface area contributed by atoms with Crippen molar-refractivity contribution >= 4 is 28.6 Å². The summed E-state index contributed by atoms with van der Waals surface area (Å²) in [6, 6.07) is 10.6. The molecule has 96 valence electrons. The molecule has 0 aliphatic carbocycles. The van der Waals surface area contributed by atoms with Crippen LogP contribution in [0.5, 0.6) is 0 Å². The molecule has 2 aromatic rings. The minimum Gasteiger partial charge on any atom is -0.378 e. The molecule has 1 aromatic carbocycles. The van der Waals surface area contributed by atoms with E-state index in [1.165, 1.54) is 11.3 Å². The van der Waals surface area contributed by atoms with Crippen LogP contribution in [-0.2, 0) is 0 Å². The summed E-state index contributed by atoms with van der Waals surface area (Å²) in [6.45, 7) is 0. The third kappa shape index (κ3) is 2.69. The van der Waals surface area contributed by atoms with Crippen molar-refractivity contribution in [2.75, 3.05) is 26.0 Å². The van der Waals surface area contributed by atoms with E-state index < -0.39 is 0 Å². The van der Waals surface area contributed by atoms with Crippen molar-refractivity contribution in [1.29, 1.82) is 0 Å². The lowest BCUT2D eigenvalue weighted by atomic mass is 10.0. The molecule has 1 aromatic heterocycles. The quantitative estimate of drug-likeness (QED) is 0.917. The number of thiophene rings is 1. The second-order valence-electron chi connectivity index (χ2n) is 4.34. The van der Waals surface area contributed by atoms with E-state index in [-0.39, 0.29) is 6.04 Å². The smallest absolute Gasteiger partial charge is 0.0684 e. The van der Waals surface area contributed by atoms with E-state index in [1.54, 1.807) is 11.3 Å². The third-order valence-electron chi connectivity index (χ3n) is 2.92.